The van der Waals surface area contributed by atoms with Crippen molar-refractivity contribution in [3.05, 3.63) is 35.4 Å². The molecule has 0 bridgehead atoms. The number of hydrogen-bond acceptors (Lipinski definition) is 4. The molecule has 6 heteroatoms. The summed E-state index contributed by atoms with van der Waals surface area (Å²) in [7, 11) is 0. The van der Waals surface area contributed by atoms with Gasteiger partial charge in [-0.1, -0.05) is 12.1 Å². The first-order chi connectivity index (χ1) is 10.0. The zero-order valence-corrected chi connectivity index (χ0v) is 12.7. The zero-order chi connectivity index (χ0) is 15.1. The van der Waals surface area contributed by atoms with Crippen molar-refractivity contribution in [1.82, 2.24) is 9.80 Å². The number of imide groups is 1. The molecule has 3 rings (SSSR count). The minimum Gasteiger partial charge on any atom is -0.328 e. The average Bonchev–Trinajstić information content (AvgIpc) is 3.01. The Morgan fingerprint density at radius 2 is 1.81 bits per heavy atom. The molecule has 0 aliphatic carbocycles. The summed E-state index contributed by atoms with van der Waals surface area (Å²) in [5.74, 6) is -0.0317. The number of carbonyl (C=O) groups is 3. The molecule has 2 aliphatic heterocycles. The van der Waals surface area contributed by atoms with Crippen LogP contribution in [0.2, 0.25) is 0 Å². The van der Waals surface area contributed by atoms with Crippen LogP contribution in [0.1, 0.15) is 34.6 Å². The molecule has 110 valence electrons. The third-order valence-electron chi connectivity index (χ3n) is 3.98. The first-order valence-corrected chi connectivity index (χ1v) is 7.96. The molecule has 1 fully saturated rings. The van der Waals surface area contributed by atoms with Gasteiger partial charge in [-0.25, -0.2) is 0 Å². The van der Waals surface area contributed by atoms with Gasteiger partial charge in [0.2, 0.25) is 5.91 Å². The largest absolute Gasteiger partial charge is 0.328 e. The Balaban J connectivity index is 1.86. The molecular weight excluding hydrogens is 288 g/mol. The third-order valence-corrected chi connectivity index (χ3v) is 5.14. The van der Waals surface area contributed by atoms with E-state index < -0.39 is 6.04 Å². The van der Waals surface area contributed by atoms with Gasteiger partial charge in [0.25, 0.3) is 11.8 Å². The van der Waals surface area contributed by atoms with Crippen LogP contribution in [0.5, 0.6) is 0 Å². The summed E-state index contributed by atoms with van der Waals surface area (Å²) in [5.41, 5.74) is 0.761. The maximum atomic E-state index is 12.6. The van der Waals surface area contributed by atoms with E-state index in [1.54, 1.807) is 47.9 Å². The monoisotopic (exact) mass is 304 g/mol. The molecule has 0 aromatic heterocycles. The molecule has 1 aromatic carbocycles. The Bertz CT molecular complexity index is 596. The van der Waals surface area contributed by atoms with Crippen LogP contribution in [0, 0.1) is 0 Å². The van der Waals surface area contributed by atoms with E-state index >= 15 is 0 Å². The SMILES string of the molecule is CC1SCCN1C(=O)C(C)N1C(=O)c2ccccc2C1=O. The van der Waals surface area contributed by atoms with Crippen molar-refractivity contribution in [2.24, 2.45) is 0 Å². The van der Waals surface area contributed by atoms with E-state index in [1.165, 1.54) is 0 Å². The summed E-state index contributed by atoms with van der Waals surface area (Å²) in [6.07, 6.45) is 0. The Morgan fingerprint density at radius 3 is 2.29 bits per heavy atom. The molecule has 3 amide bonds. The minimum atomic E-state index is -0.765. The van der Waals surface area contributed by atoms with Crippen LogP contribution in [0.25, 0.3) is 0 Å². The molecule has 0 N–H and O–H groups in total. The summed E-state index contributed by atoms with van der Waals surface area (Å²) in [6, 6.07) is 5.93. The van der Waals surface area contributed by atoms with Crippen molar-refractivity contribution in [3.63, 3.8) is 0 Å². The van der Waals surface area contributed by atoms with Crippen LogP contribution in [0.3, 0.4) is 0 Å². The van der Waals surface area contributed by atoms with E-state index in [9.17, 15) is 14.4 Å². The normalized spacial score (nSPS) is 22.7. The summed E-state index contributed by atoms with van der Waals surface area (Å²) in [5, 5.41) is 0.0927. The van der Waals surface area contributed by atoms with Gasteiger partial charge in [0.15, 0.2) is 0 Å². The van der Waals surface area contributed by atoms with Crippen LogP contribution in [-0.2, 0) is 4.79 Å². The molecule has 2 heterocycles. The standard InChI is InChI=1S/C15H16N2O3S/c1-9(13(18)16-7-8-21-10(16)2)17-14(19)11-5-3-4-6-12(11)15(17)20/h3-6,9-10H,7-8H2,1-2H3. The molecule has 21 heavy (non-hydrogen) atoms. The number of nitrogens with zero attached hydrogens (tertiary/aromatic N) is 2. The Kier molecular flexibility index (Phi) is 3.49. The molecule has 1 saturated heterocycles. The summed E-state index contributed by atoms with van der Waals surface area (Å²) in [4.78, 5) is 40.1. The van der Waals surface area contributed by atoms with Gasteiger partial charge in [-0.15, -0.1) is 11.8 Å². The van der Waals surface area contributed by atoms with Crippen molar-refractivity contribution in [1.29, 1.82) is 0 Å². The number of amides is 3. The maximum absolute atomic E-state index is 12.6. The zero-order valence-electron chi connectivity index (χ0n) is 11.9. The van der Waals surface area contributed by atoms with Crippen molar-refractivity contribution in [3.8, 4) is 0 Å². The number of fused-ring (bicyclic) bond motifs is 1. The number of hydrogen-bond donors (Lipinski definition) is 0. The molecule has 0 spiro atoms. The van der Waals surface area contributed by atoms with Gasteiger partial charge in [0.05, 0.1) is 16.5 Å². The summed E-state index contributed by atoms with van der Waals surface area (Å²) in [6.45, 7) is 4.25. The van der Waals surface area contributed by atoms with Crippen molar-refractivity contribution >= 4 is 29.5 Å². The van der Waals surface area contributed by atoms with E-state index in [0.717, 1.165) is 10.7 Å². The van der Waals surface area contributed by atoms with E-state index in [0.29, 0.717) is 17.7 Å². The fraction of sp³-hybridized carbons (Fsp3) is 0.400. The van der Waals surface area contributed by atoms with Crippen molar-refractivity contribution in [2.75, 3.05) is 12.3 Å². The molecule has 0 saturated carbocycles. The van der Waals surface area contributed by atoms with E-state index in [4.69, 9.17) is 0 Å². The predicted octanol–water partition coefficient (Wildman–Crippen LogP) is 1.59. The number of rotatable bonds is 2. The van der Waals surface area contributed by atoms with Gasteiger partial charge in [-0.3, -0.25) is 19.3 Å². The topological polar surface area (TPSA) is 57.7 Å². The smallest absolute Gasteiger partial charge is 0.262 e. The quantitative estimate of drug-likeness (QED) is 0.779. The predicted molar refractivity (Wildman–Crippen MR) is 80.0 cm³/mol. The lowest BCUT2D eigenvalue weighted by atomic mass is 10.1. The molecule has 1 aromatic rings. The fourth-order valence-corrected chi connectivity index (χ4v) is 3.83. The van der Waals surface area contributed by atoms with Gasteiger partial charge in [0, 0.05) is 12.3 Å². The Labute approximate surface area is 127 Å². The van der Waals surface area contributed by atoms with Gasteiger partial charge in [0.1, 0.15) is 6.04 Å². The van der Waals surface area contributed by atoms with Crippen LogP contribution >= 0.6 is 11.8 Å². The van der Waals surface area contributed by atoms with Gasteiger partial charge in [-0.2, -0.15) is 0 Å². The van der Waals surface area contributed by atoms with Gasteiger partial charge in [-0.05, 0) is 26.0 Å². The average molecular weight is 304 g/mol. The van der Waals surface area contributed by atoms with Crippen LogP contribution in [-0.4, -0.2) is 51.2 Å². The van der Waals surface area contributed by atoms with Crippen molar-refractivity contribution < 1.29 is 14.4 Å². The van der Waals surface area contributed by atoms with E-state index in [1.807, 2.05) is 6.92 Å². The maximum Gasteiger partial charge on any atom is 0.262 e. The second-order valence-corrected chi connectivity index (χ2v) is 6.63. The fourth-order valence-electron chi connectivity index (χ4n) is 2.79. The second kappa shape index (κ2) is 5.18. The van der Waals surface area contributed by atoms with Crippen LogP contribution in [0.4, 0.5) is 0 Å². The van der Waals surface area contributed by atoms with E-state index in [2.05, 4.69) is 0 Å². The highest BCUT2D eigenvalue weighted by molar-refractivity contribution is 8.00. The van der Waals surface area contributed by atoms with Crippen LogP contribution < -0.4 is 0 Å². The molecule has 2 atom stereocenters. The van der Waals surface area contributed by atoms with Gasteiger partial charge >= 0.3 is 0 Å². The molecule has 2 unspecified atom stereocenters. The first-order valence-electron chi connectivity index (χ1n) is 6.91. The highest BCUT2D eigenvalue weighted by Gasteiger charge is 2.42. The molecule has 2 aliphatic rings. The van der Waals surface area contributed by atoms with Crippen molar-refractivity contribution in [2.45, 2.75) is 25.3 Å². The highest BCUT2D eigenvalue weighted by atomic mass is 32.2. The lowest BCUT2D eigenvalue weighted by Gasteiger charge is -2.28. The van der Waals surface area contributed by atoms with Gasteiger partial charge < -0.3 is 4.90 Å². The summed E-state index contributed by atoms with van der Waals surface area (Å²) < 4.78 is 0. The highest BCUT2D eigenvalue weighted by Crippen LogP contribution is 2.28. The Morgan fingerprint density at radius 1 is 1.24 bits per heavy atom. The lowest BCUT2D eigenvalue weighted by molar-refractivity contribution is -0.134. The first kappa shape index (κ1) is 14.1. The second-order valence-electron chi connectivity index (χ2n) is 5.20. The number of thioether (sulfide) groups is 1. The number of carbonyl (C=O) groups excluding carboxylic acids is 3. The third kappa shape index (κ3) is 2.14. The summed E-state index contributed by atoms with van der Waals surface area (Å²) >= 11 is 1.70. The Hall–Kier alpha value is -1.82. The minimum absolute atomic E-state index is 0.0927. The molecular formula is C15H16N2O3S. The molecule has 5 nitrogen and oxygen atoms in total. The number of benzene rings is 1. The lowest BCUT2D eigenvalue weighted by Crippen LogP contribution is -2.50. The molecule has 0 radical (unpaired) electrons. The van der Waals surface area contributed by atoms with Crippen LogP contribution in [0.15, 0.2) is 24.3 Å². The van der Waals surface area contributed by atoms with E-state index in [-0.39, 0.29) is 23.1 Å².